The topological polar surface area (TPSA) is 83.8 Å². The normalized spacial score (nSPS) is 10.1. The third kappa shape index (κ3) is 3.34. The Balaban J connectivity index is 1.85. The molecule has 0 aliphatic carbocycles. The van der Waals surface area contributed by atoms with Crippen LogP contribution >= 0.6 is 0 Å². The van der Waals surface area contributed by atoms with Crippen molar-refractivity contribution in [3.8, 4) is 0 Å². The lowest BCUT2D eigenvalue weighted by molar-refractivity contribution is -0.120. The van der Waals surface area contributed by atoms with Crippen molar-refractivity contribution in [2.24, 2.45) is 0 Å². The Morgan fingerprint density at radius 3 is 3.06 bits per heavy atom. The lowest BCUT2D eigenvalue weighted by Crippen LogP contribution is -2.25. The van der Waals surface area contributed by atoms with E-state index in [-0.39, 0.29) is 5.91 Å². The third-order valence-corrected chi connectivity index (χ3v) is 2.32. The van der Waals surface area contributed by atoms with Crippen molar-refractivity contribution >= 4 is 11.6 Å². The molecule has 0 bridgehead atoms. The monoisotopic (exact) mass is 230 g/mol. The summed E-state index contributed by atoms with van der Waals surface area (Å²) in [7, 11) is 0. The first-order valence-corrected chi connectivity index (χ1v) is 5.33. The smallest absolute Gasteiger partial charge is 0.224 e. The number of amides is 1. The molecule has 0 saturated carbocycles. The highest BCUT2D eigenvalue weighted by molar-refractivity contribution is 5.78. The fraction of sp³-hybridized carbons (Fsp3) is 0.167. The van der Waals surface area contributed by atoms with Crippen molar-refractivity contribution in [3.05, 3.63) is 48.0 Å². The van der Waals surface area contributed by atoms with Gasteiger partial charge in [-0.1, -0.05) is 12.1 Å². The van der Waals surface area contributed by atoms with Crippen LogP contribution in [0.25, 0.3) is 0 Å². The van der Waals surface area contributed by atoms with E-state index in [1.54, 1.807) is 24.5 Å². The van der Waals surface area contributed by atoms with E-state index >= 15 is 0 Å². The van der Waals surface area contributed by atoms with Crippen LogP contribution in [-0.2, 0) is 17.8 Å². The molecule has 5 nitrogen and oxygen atoms in total. The second kappa shape index (κ2) is 5.16. The molecular weight excluding hydrogens is 216 g/mol. The Morgan fingerprint density at radius 2 is 2.35 bits per heavy atom. The molecule has 0 unspecified atom stereocenters. The summed E-state index contributed by atoms with van der Waals surface area (Å²) >= 11 is 0. The van der Waals surface area contributed by atoms with E-state index < -0.39 is 0 Å². The largest absolute Gasteiger partial charge is 0.399 e. The van der Waals surface area contributed by atoms with Gasteiger partial charge < -0.3 is 16.0 Å². The molecule has 88 valence electrons. The van der Waals surface area contributed by atoms with Gasteiger partial charge in [0.1, 0.15) is 5.82 Å². The molecule has 2 aromatic rings. The highest BCUT2D eigenvalue weighted by Crippen LogP contribution is 2.06. The average molecular weight is 230 g/mol. The van der Waals surface area contributed by atoms with Crippen LogP contribution in [0, 0.1) is 0 Å². The number of aromatic nitrogens is 2. The Hall–Kier alpha value is -2.30. The number of benzene rings is 1. The molecule has 17 heavy (non-hydrogen) atoms. The standard InChI is InChI=1S/C12H14N4O/c13-10-3-1-2-9(6-10)7-12(17)16-8-11-14-4-5-15-11/h1-6H,7-8,13H2,(H,14,15)(H,16,17). The van der Waals surface area contributed by atoms with E-state index in [9.17, 15) is 4.79 Å². The van der Waals surface area contributed by atoms with Crippen molar-refractivity contribution in [2.45, 2.75) is 13.0 Å². The summed E-state index contributed by atoms with van der Waals surface area (Å²) in [4.78, 5) is 18.6. The van der Waals surface area contributed by atoms with Gasteiger partial charge in [0.05, 0.1) is 13.0 Å². The predicted octanol–water partition coefficient (Wildman–Crippen LogP) is 0.851. The van der Waals surface area contributed by atoms with Crippen molar-refractivity contribution in [1.29, 1.82) is 0 Å². The first kappa shape index (κ1) is 11.2. The minimum absolute atomic E-state index is 0.0491. The Morgan fingerprint density at radius 1 is 1.47 bits per heavy atom. The lowest BCUT2D eigenvalue weighted by atomic mass is 10.1. The first-order valence-electron chi connectivity index (χ1n) is 5.33. The van der Waals surface area contributed by atoms with Gasteiger partial charge in [-0.15, -0.1) is 0 Å². The molecule has 1 amide bonds. The summed E-state index contributed by atoms with van der Waals surface area (Å²) in [5.41, 5.74) is 7.21. The van der Waals surface area contributed by atoms with Gasteiger partial charge in [0.25, 0.3) is 0 Å². The van der Waals surface area contributed by atoms with Crippen molar-refractivity contribution < 1.29 is 4.79 Å². The van der Waals surface area contributed by atoms with Gasteiger partial charge in [-0.05, 0) is 17.7 Å². The van der Waals surface area contributed by atoms with Crippen LogP contribution in [-0.4, -0.2) is 15.9 Å². The van der Waals surface area contributed by atoms with Crippen LogP contribution in [0.1, 0.15) is 11.4 Å². The minimum Gasteiger partial charge on any atom is -0.399 e. The first-order chi connectivity index (χ1) is 8.24. The molecule has 1 heterocycles. The van der Waals surface area contributed by atoms with Crippen LogP contribution in [0.4, 0.5) is 5.69 Å². The maximum absolute atomic E-state index is 11.6. The summed E-state index contributed by atoms with van der Waals surface area (Å²) in [6, 6.07) is 7.31. The van der Waals surface area contributed by atoms with Gasteiger partial charge in [-0.2, -0.15) is 0 Å². The molecule has 0 radical (unpaired) electrons. The number of nitrogen functional groups attached to an aromatic ring is 1. The number of nitrogens with zero attached hydrogens (tertiary/aromatic N) is 1. The van der Waals surface area contributed by atoms with E-state index in [4.69, 9.17) is 5.73 Å². The Bertz CT molecular complexity index is 493. The quantitative estimate of drug-likeness (QED) is 0.681. The molecule has 1 aromatic carbocycles. The summed E-state index contributed by atoms with van der Waals surface area (Å²) in [5.74, 6) is 0.693. The van der Waals surface area contributed by atoms with Gasteiger partial charge in [0.2, 0.25) is 5.91 Å². The van der Waals surface area contributed by atoms with E-state index in [1.807, 2.05) is 12.1 Å². The average Bonchev–Trinajstić information content (AvgIpc) is 2.79. The minimum atomic E-state index is -0.0491. The zero-order valence-electron chi connectivity index (χ0n) is 9.31. The van der Waals surface area contributed by atoms with Crippen LogP contribution in [0.15, 0.2) is 36.7 Å². The number of aromatic amines is 1. The van der Waals surface area contributed by atoms with Crippen molar-refractivity contribution in [1.82, 2.24) is 15.3 Å². The number of carbonyl (C=O) groups excluding carboxylic acids is 1. The fourth-order valence-electron chi connectivity index (χ4n) is 1.53. The van der Waals surface area contributed by atoms with Crippen molar-refractivity contribution in [2.75, 3.05) is 5.73 Å². The van der Waals surface area contributed by atoms with Gasteiger partial charge in [0.15, 0.2) is 0 Å². The maximum atomic E-state index is 11.6. The lowest BCUT2D eigenvalue weighted by Gasteiger charge is -2.04. The fourth-order valence-corrected chi connectivity index (χ4v) is 1.53. The number of anilines is 1. The SMILES string of the molecule is Nc1cccc(CC(=O)NCc2ncc[nH]2)c1. The zero-order valence-corrected chi connectivity index (χ0v) is 9.31. The van der Waals surface area contributed by atoms with Crippen molar-refractivity contribution in [3.63, 3.8) is 0 Å². The summed E-state index contributed by atoms with van der Waals surface area (Å²) < 4.78 is 0. The number of rotatable bonds is 4. The maximum Gasteiger partial charge on any atom is 0.224 e. The third-order valence-electron chi connectivity index (χ3n) is 2.32. The van der Waals surface area contributed by atoms with E-state index in [2.05, 4.69) is 15.3 Å². The molecular formula is C12H14N4O. The molecule has 4 N–H and O–H groups in total. The molecule has 0 saturated heterocycles. The Labute approximate surface area is 99.1 Å². The van der Waals surface area contributed by atoms with E-state index in [1.165, 1.54) is 0 Å². The van der Waals surface area contributed by atoms with Gasteiger partial charge in [0, 0.05) is 18.1 Å². The second-order valence-electron chi connectivity index (χ2n) is 3.73. The number of hydrogen-bond acceptors (Lipinski definition) is 3. The van der Waals surface area contributed by atoms with Gasteiger partial charge in [-0.25, -0.2) is 4.98 Å². The van der Waals surface area contributed by atoms with Gasteiger partial charge in [-0.3, -0.25) is 4.79 Å². The zero-order chi connectivity index (χ0) is 12.1. The van der Waals surface area contributed by atoms with Crippen LogP contribution in [0.5, 0.6) is 0 Å². The highest BCUT2D eigenvalue weighted by atomic mass is 16.1. The summed E-state index contributed by atoms with van der Waals surface area (Å²) in [6.45, 7) is 0.411. The molecule has 0 aliphatic rings. The van der Waals surface area contributed by atoms with Crippen LogP contribution < -0.4 is 11.1 Å². The number of nitrogens with one attached hydrogen (secondary N) is 2. The molecule has 2 rings (SSSR count). The summed E-state index contributed by atoms with van der Waals surface area (Å²) in [6.07, 6.45) is 3.70. The Kier molecular flexibility index (Phi) is 3.40. The predicted molar refractivity (Wildman–Crippen MR) is 65.0 cm³/mol. The van der Waals surface area contributed by atoms with E-state index in [0.717, 1.165) is 11.4 Å². The number of imidazole rings is 1. The summed E-state index contributed by atoms with van der Waals surface area (Å²) in [5, 5.41) is 2.78. The molecule has 0 spiro atoms. The van der Waals surface area contributed by atoms with Gasteiger partial charge >= 0.3 is 0 Å². The molecule has 0 aliphatic heterocycles. The number of hydrogen-bond donors (Lipinski definition) is 3. The molecule has 5 heteroatoms. The molecule has 0 fully saturated rings. The number of nitrogens with two attached hydrogens (primary N) is 1. The van der Waals surface area contributed by atoms with Crippen LogP contribution in [0.2, 0.25) is 0 Å². The number of H-pyrrole nitrogens is 1. The molecule has 1 aromatic heterocycles. The highest BCUT2D eigenvalue weighted by Gasteiger charge is 2.04. The van der Waals surface area contributed by atoms with E-state index in [0.29, 0.717) is 18.7 Å². The second-order valence-corrected chi connectivity index (χ2v) is 3.73. The molecule has 0 atom stereocenters. The number of carbonyl (C=O) groups is 1. The van der Waals surface area contributed by atoms with Crippen LogP contribution in [0.3, 0.4) is 0 Å².